The van der Waals surface area contributed by atoms with E-state index in [1.165, 1.54) is 0 Å². The van der Waals surface area contributed by atoms with Gasteiger partial charge in [0.05, 0.1) is 24.0 Å². The summed E-state index contributed by atoms with van der Waals surface area (Å²) in [6.07, 6.45) is 1.99. The molecule has 0 saturated carbocycles. The fourth-order valence-corrected chi connectivity index (χ4v) is 3.52. The molecule has 0 saturated heterocycles. The minimum atomic E-state index is -0.152. The van der Waals surface area contributed by atoms with Gasteiger partial charge in [-0.2, -0.15) is 0 Å². The lowest BCUT2D eigenvalue weighted by molar-refractivity contribution is -0.117. The van der Waals surface area contributed by atoms with Gasteiger partial charge >= 0.3 is 0 Å². The van der Waals surface area contributed by atoms with Crippen LogP contribution in [0.15, 0.2) is 53.3 Å². The summed E-state index contributed by atoms with van der Waals surface area (Å²) in [6, 6.07) is 15.2. The first-order valence-corrected chi connectivity index (χ1v) is 10.6. The van der Waals surface area contributed by atoms with Crippen LogP contribution < -0.4 is 10.9 Å². The predicted molar refractivity (Wildman–Crippen MR) is 122 cm³/mol. The molecule has 1 amide bonds. The zero-order chi connectivity index (χ0) is 21.5. The zero-order valence-electron chi connectivity index (χ0n) is 17.9. The summed E-state index contributed by atoms with van der Waals surface area (Å²) in [7, 11) is 0. The van der Waals surface area contributed by atoms with Crippen molar-refractivity contribution < 1.29 is 4.79 Å². The van der Waals surface area contributed by atoms with Gasteiger partial charge in [0, 0.05) is 5.69 Å². The maximum absolute atomic E-state index is 12.8. The van der Waals surface area contributed by atoms with Crippen molar-refractivity contribution in [3.8, 4) is 0 Å². The van der Waals surface area contributed by atoms with Crippen molar-refractivity contribution in [3.05, 3.63) is 70.3 Å². The Morgan fingerprint density at radius 2 is 1.87 bits per heavy atom. The summed E-state index contributed by atoms with van der Waals surface area (Å²) >= 11 is 0. The number of rotatable bonds is 9. The molecule has 0 bridgehead atoms. The number of aromatic nitrogens is 2. The van der Waals surface area contributed by atoms with Crippen LogP contribution in [-0.4, -0.2) is 33.9 Å². The molecule has 2 N–H and O–H groups in total. The van der Waals surface area contributed by atoms with Crippen LogP contribution in [0.3, 0.4) is 0 Å². The Bertz CT molecular complexity index is 1060. The van der Waals surface area contributed by atoms with Gasteiger partial charge in [0.2, 0.25) is 5.91 Å². The van der Waals surface area contributed by atoms with Crippen LogP contribution in [0.1, 0.15) is 50.9 Å². The number of hydrogen-bond acceptors (Lipinski definition) is 4. The molecule has 1 aromatic heterocycles. The molecule has 30 heavy (non-hydrogen) atoms. The topological polar surface area (TPSA) is 78.1 Å². The largest absolute Gasteiger partial charge is 0.325 e. The molecule has 158 valence electrons. The molecule has 6 nitrogen and oxygen atoms in total. The van der Waals surface area contributed by atoms with Crippen molar-refractivity contribution >= 4 is 22.5 Å². The molecular formula is C24H30N4O2. The lowest BCUT2D eigenvalue weighted by atomic mass is 10.0. The molecule has 3 aromatic rings. The molecule has 3 rings (SSSR count). The van der Waals surface area contributed by atoms with Crippen LogP contribution in [0.4, 0.5) is 5.69 Å². The summed E-state index contributed by atoms with van der Waals surface area (Å²) in [5.74, 6) is 0.831. The highest BCUT2D eigenvalue weighted by Gasteiger charge is 2.15. The first-order valence-electron chi connectivity index (χ1n) is 10.6. The van der Waals surface area contributed by atoms with Gasteiger partial charge in [-0.05, 0) is 42.6 Å². The summed E-state index contributed by atoms with van der Waals surface area (Å²) in [5, 5.41) is 3.63. The van der Waals surface area contributed by atoms with Crippen molar-refractivity contribution in [1.82, 2.24) is 14.9 Å². The maximum atomic E-state index is 12.8. The van der Waals surface area contributed by atoms with Crippen molar-refractivity contribution in [2.24, 2.45) is 0 Å². The number of nitrogens with zero attached hydrogens (tertiary/aromatic N) is 2. The van der Waals surface area contributed by atoms with E-state index in [4.69, 9.17) is 0 Å². The first kappa shape index (κ1) is 21.7. The van der Waals surface area contributed by atoms with Crippen LogP contribution in [-0.2, 0) is 11.3 Å². The lowest BCUT2D eigenvalue weighted by Crippen LogP contribution is -2.35. The summed E-state index contributed by atoms with van der Waals surface area (Å²) in [4.78, 5) is 34.6. The second-order valence-corrected chi connectivity index (χ2v) is 7.88. The number of nitrogens with one attached hydrogen (secondary N) is 2. The van der Waals surface area contributed by atoms with Crippen LogP contribution >= 0.6 is 0 Å². The average Bonchev–Trinajstić information content (AvgIpc) is 2.72. The number of fused-ring (bicyclic) bond motifs is 1. The predicted octanol–water partition coefficient (Wildman–Crippen LogP) is 4.29. The van der Waals surface area contributed by atoms with E-state index in [2.05, 4.69) is 36.1 Å². The van der Waals surface area contributed by atoms with Crippen molar-refractivity contribution in [2.75, 3.05) is 18.4 Å². The number of anilines is 1. The van der Waals surface area contributed by atoms with E-state index in [0.717, 1.165) is 30.6 Å². The van der Waals surface area contributed by atoms with E-state index >= 15 is 0 Å². The molecule has 0 aliphatic heterocycles. The first-order chi connectivity index (χ1) is 14.5. The number of H-pyrrole nitrogens is 1. The van der Waals surface area contributed by atoms with Gasteiger partial charge in [0.25, 0.3) is 5.56 Å². The van der Waals surface area contributed by atoms with Crippen LogP contribution in [0.5, 0.6) is 0 Å². The van der Waals surface area contributed by atoms with Crippen LogP contribution in [0.25, 0.3) is 10.9 Å². The monoisotopic (exact) mass is 406 g/mol. The highest BCUT2D eigenvalue weighted by atomic mass is 16.2. The van der Waals surface area contributed by atoms with Crippen LogP contribution in [0, 0.1) is 0 Å². The van der Waals surface area contributed by atoms with Gasteiger partial charge in [-0.3, -0.25) is 14.5 Å². The number of benzene rings is 2. The van der Waals surface area contributed by atoms with E-state index in [0.29, 0.717) is 29.2 Å². The standard InChI is InChI=1S/C24H30N4O2/c1-4-5-14-28(15-22-25-21-13-9-7-11-19(21)24(30)27-22)16-23(29)26-20-12-8-6-10-18(20)17(2)3/h6-13,17H,4-5,14-16H2,1-3H3,(H,26,29)(H,25,27,30). The van der Waals surface area contributed by atoms with Gasteiger partial charge in [0.15, 0.2) is 0 Å². The Morgan fingerprint density at radius 1 is 1.13 bits per heavy atom. The fraction of sp³-hybridized carbons (Fsp3) is 0.375. The van der Waals surface area contributed by atoms with Gasteiger partial charge in [0.1, 0.15) is 5.82 Å². The minimum Gasteiger partial charge on any atom is -0.325 e. The number of amides is 1. The third kappa shape index (κ3) is 5.54. The summed E-state index contributed by atoms with van der Waals surface area (Å²) in [6.45, 7) is 7.75. The second-order valence-electron chi connectivity index (χ2n) is 7.88. The van der Waals surface area contributed by atoms with E-state index in [9.17, 15) is 9.59 Å². The third-order valence-corrected chi connectivity index (χ3v) is 5.09. The summed E-state index contributed by atoms with van der Waals surface area (Å²) < 4.78 is 0. The Balaban J connectivity index is 1.75. The number of unbranched alkanes of at least 4 members (excludes halogenated alkanes) is 1. The molecule has 0 aliphatic rings. The Morgan fingerprint density at radius 3 is 2.63 bits per heavy atom. The molecule has 0 atom stereocenters. The molecule has 0 fully saturated rings. The minimum absolute atomic E-state index is 0.0673. The quantitative estimate of drug-likeness (QED) is 0.556. The maximum Gasteiger partial charge on any atom is 0.258 e. The van der Waals surface area contributed by atoms with Crippen molar-refractivity contribution in [3.63, 3.8) is 0 Å². The van der Waals surface area contributed by atoms with Crippen molar-refractivity contribution in [1.29, 1.82) is 0 Å². The number of carbonyl (C=O) groups excluding carboxylic acids is 1. The van der Waals surface area contributed by atoms with Gasteiger partial charge < -0.3 is 10.3 Å². The Labute approximate surface area is 177 Å². The van der Waals surface area contributed by atoms with Crippen molar-refractivity contribution in [2.45, 2.75) is 46.1 Å². The fourth-order valence-electron chi connectivity index (χ4n) is 3.52. The SMILES string of the molecule is CCCCN(CC(=O)Nc1ccccc1C(C)C)Cc1nc2ccccc2c(=O)[nH]1. The van der Waals surface area contributed by atoms with E-state index in [-0.39, 0.29) is 18.0 Å². The molecular weight excluding hydrogens is 376 g/mol. The van der Waals surface area contributed by atoms with Gasteiger partial charge in [-0.25, -0.2) is 4.98 Å². The van der Waals surface area contributed by atoms with E-state index in [1.807, 2.05) is 47.4 Å². The van der Waals surface area contributed by atoms with Gasteiger partial charge in [-0.1, -0.05) is 57.5 Å². The molecule has 1 heterocycles. The van der Waals surface area contributed by atoms with Crippen LogP contribution in [0.2, 0.25) is 0 Å². The highest BCUT2D eigenvalue weighted by Crippen LogP contribution is 2.23. The van der Waals surface area contributed by atoms with Gasteiger partial charge in [-0.15, -0.1) is 0 Å². The zero-order valence-corrected chi connectivity index (χ0v) is 17.9. The molecule has 0 spiro atoms. The Hall–Kier alpha value is -2.99. The second kappa shape index (κ2) is 10.2. The lowest BCUT2D eigenvalue weighted by Gasteiger charge is -2.22. The number of aromatic amines is 1. The van der Waals surface area contributed by atoms with E-state index in [1.54, 1.807) is 6.07 Å². The molecule has 0 unspecified atom stereocenters. The third-order valence-electron chi connectivity index (χ3n) is 5.09. The normalized spacial score (nSPS) is 11.4. The summed E-state index contributed by atoms with van der Waals surface area (Å²) in [5.41, 5.74) is 2.49. The number of para-hydroxylation sites is 2. The molecule has 6 heteroatoms. The molecule has 2 aromatic carbocycles. The number of hydrogen-bond donors (Lipinski definition) is 2. The smallest absolute Gasteiger partial charge is 0.258 e. The number of carbonyl (C=O) groups is 1. The molecule has 0 radical (unpaired) electrons. The molecule has 0 aliphatic carbocycles. The average molecular weight is 407 g/mol. The Kier molecular flexibility index (Phi) is 7.36. The highest BCUT2D eigenvalue weighted by molar-refractivity contribution is 5.93. The van der Waals surface area contributed by atoms with E-state index < -0.39 is 0 Å².